The van der Waals surface area contributed by atoms with Crippen molar-refractivity contribution in [1.82, 2.24) is 9.78 Å². The lowest BCUT2D eigenvalue weighted by Gasteiger charge is -2.16. The summed E-state index contributed by atoms with van der Waals surface area (Å²) >= 11 is 5.98. The first-order valence-corrected chi connectivity index (χ1v) is 7.34. The molecule has 0 aliphatic carbocycles. The summed E-state index contributed by atoms with van der Waals surface area (Å²) in [5.74, 6) is 0.236. The Balaban J connectivity index is 3.15. The van der Waals surface area contributed by atoms with Crippen molar-refractivity contribution in [2.45, 2.75) is 53.3 Å². The van der Waals surface area contributed by atoms with Crippen LogP contribution < -0.4 is 11.3 Å². The fourth-order valence-electron chi connectivity index (χ4n) is 1.54. The number of oxime groups is 1. The van der Waals surface area contributed by atoms with Crippen LogP contribution in [0.2, 0.25) is 5.15 Å². The lowest BCUT2D eigenvalue weighted by atomic mass is 10.1. The lowest BCUT2D eigenvalue weighted by molar-refractivity contribution is 0.0860. The van der Waals surface area contributed by atoms with Crippen molar-refractivity contribution < 1.29 is 4.84 Å². The van der Waals surface area contributed by atoms with Gasteiger partial charge in [0.2, 0.25) is 0 Å². The molecule has 1 heterocycles. The summed E-state index contributed by atoms with van der Waals surface area (Å²) in [7, 11) is 0. The molecule has 0 spiro atoms. The van der Waals surface area contributed by atoms with E-state index in [0.29, 0.717) is 17.8 Å². The zero-order chi connectivity index (χ0) is 16.2. The van der Waals surface area contributed by atoms with Gasteiger partial charge in [-0.15, -0.1) is 0 Å². The molecule has 1 aromatic rings. The second-order valence-corrected chi connectivity index (χ2v) is 5.99. The molecule has 6 nitrogen and oxygen atoms in total. The van der Waals surface area contributed by atoms with Crippen LogP contribution in [0.1, 0.15) is 40.2 Å². The van der Waals surface area contributed by atoms with Crippen LogP contribution in [0.3, 0.4) is 0 Å². The molecule has 1 atom stereocenters. The highest BCUT2D eigenvalue weighted by Crippen LogP contribution is 2.07. The summed E-state index contributed by atoms with van der Waals surface area (Å²) in [4.78, 5) is 17.6. The Bertz CT molecular complexity index is 567. The minimum atomic E-state index is -0.274. The van der Waals surface area contributed by atoms with E-state index in [1.807, 2.05) is 27.7 Å². The summed E-state index contributed by atoms with van der Waals surface area (Å²) in [6, 6.07) is 1.31. The second kappa shape index (κ2) is 7.56. The van der Waals surface area contributed by atoms with E-state index in [0.717, 1.165) is 0 Å². The van der Waals surface area contributed by atoms with E-state index in [1.165, 1.54) is 10.7 Å². The molecule has 7 heteroatoms. The Hall–Kier alpha value is -1.40. The van der Waals surface area contributed by atoms with Gasteiger partial charge in [-0.05, 0) is 32.8 Å². The van der Waals surface area contributed by atoms with Crippen molar-refractivity contribution in [2.75, 3.05) is 0 Å². The Labute approximate surface area is 129 Å². The Kier molecular flexibility index (Phi) is 6.36. The van der Waals surface area contributed by atoms with Crippen LogP contribution in [-0.4, -0.2) is 27.6 Å². The maximum Gasteiger partial charge on any atom is 0.276 e. The van der Waals surface area contributed by atoms with Crippen LogP contribution in [0.4, 0.5) is 0 Å². The van der Waals surface area contributed by atoms with Gasteiger partial charge in [0.15, 0.2) is 5.15 Å². The molecule has 118 valence electrons. The molecule has 21 heavy (non-hydrogen) atoms. The molecule has 0 aromatic carbocycles. The molecule has 0 aliphatic heterocycles. The normalized spacial score (nSPS) is 13.9. The van der Waals surface area contributed by atoms with E-state index in [1.54, 1.807) is 6.92 Å². The third-order valence-corrected chi connectivity index (χ3v) is 3.16. The first-order chi connectivity index (χ1) is 9.72. The maximum absolute atomic E-state index is 12.4. The summed E-state index contributed by atoms with van der Waals surface area (Å²) in [5.41, 5.74) is 6.55. The highest BCUT2D eigenvalue weighted by atomic mass is 35.5. The van der Waals surface area contributed by atoms with Gasteiger partial charge in [0.1, 0.15) is 6.10 Å². The highest BCUT2D eigenvalue weighted by Gasteiger charge is 2.15. The van der Waals surface area contributed by atoms with Gasteiger partial charge < -0.3 is 10.6 Å². The number of halogens is 1. The Morgan fingerprint density at radius 3 is 2.62 bits per heavy atom. The summed E-state index contributed by atoms with van der Waals surface area (Å²) < 4.78 is 1.29. The van der Waals surface area contributed by atoms with E-state index < -0.39 is 0 Å². The minimum Gasteiger partial charge on any atom is -0.393 e. The standard InChI is InChI=1S/C14H23ClN4O2/c1-8(2)12(16)7-19-14(20)11(6-13(15)17-19)10(5)18-21-9(3)4/h6,8-9,12H,7,16H2,1-5H3/b18-10+/t12-/m1/s1. The highest BCUT2D eigenvalue weighted by molar-refractivity contribution is 6.29. The van der Waals surface area contributed by atoms with Gasteiger partial charge in [-0.3, -0.25) is 4.79 Å². The summed E-state index contributed by atoms with van der Waals surface area (Å²) in [6.07, 6.45) is -0.0613. The molecule has 1 aromatic heterocycles. The molecule has 0 saturated carbocycles. The van der Waals surface area contributed by atoms with Crippen molar-refractivity contribution in [1.29, 1.82) is 0 Å². The number of nitrogens with zero attached hydrogens (tertiary/aromatic N) is 3. The van der Waals surface area contributed by atoms with Gasteiger partial charge in [-0.2, -0.15) is 5.10 Å². The first kappa shape index (κ1) is 17.7. The number of aromatic nitrogens is 2. The quantitative estimate of drug-likeness (QED) is 0.643. The van der Waals surface area contributed by atoms with Gasteiger partial charge >= 0.3 is 0 Å². The number of hydrogen-bond donors (Lipinski definition) is 1. The Morgan fingerprint density at radius 1 is 1.48 bits per heavy atom. The average Bonchev–Trinajstić information content (AvgIpc) is 2.39. The predicted octanol–water partition coefficient (Wildman–Crippen LogP) is 2.03. The van der Waals surface area contributed by atoms with E-state index in [9.17, 15) is 4.79 Å². The van der Waals surface area contributed by atoms with Crippen molar-refractivity contribution in [2.24, 2.45) is 16.8 Å². The smallest absolute Gasteiger partial charge is 0.276 e. The van der Waals surface area contributed by atoms with Crippen molar-refractivity contribution >= 4 is 17.3 Å². The SMILES string of the molecule is C/C(=N\OC(C)C)c1cc(Cl)nn(C[C@@H](N)C(C)C)c1=O. The minimum absolute atomic E-state index is 0.0613. The van der Waals surface area contributed by atoms with Crippen molar-refractivity contribution in [3.63, 3.8) is 0 Å². The molecule has 0 saturated heterocycles. The van der Waals surface area contributed by atoms with E-state index in [4.69, 9.17) is 22.2 Å². The van der Waals surface area contributed by atoms with Crippen molar-refractivity contribution in [3.8, 4) is 0 Å². The molecule has 0 fully saturated rings. The van der Waals surface area contributed by atoms with Gasteiger partial charge in [0.25, 0.3) is 5.56 Å². The fraction of sp³-hybridized carbons (Fsp3) is 0.643. The van der Waals surface area contributed by atoms with Crippen LogP contribution in [0.5, 0.6) is 0 Å². The zero-order valence-corrected chi connectivity index (χ0v) is 13.9. The average molecular weight is 315 g/mol. The van der Waals surface area contributed by atoms with Crippen molar-refractivity contribution in [3.05, 3.63) is 27.1 Å². The molecular formula is C14H23ClN4O2. The summed E-state index contributed by atoms with van der Waals surface area (Å²) in [6.45, 7) is 9.70. The van der Waals surface area contributed by atoms with E-state index in [-0.39, 0.29) is 28.8 Å². The van der Waals surface area contributed by atoms with E-state index in [2.05, 4.69) is 10.3 Å². The number of hydrogen-bond acceptors (Lipinski definition) is 5. The van der Waals surface area contributed by atoms with Crippen LogP contribution in [0.15, 0.2) is 16.0 Å². The monoisotopic (exact) mass is 314 g/mol. The van der Waals surface area contributed by atoms with E-state index >= 15 is 0 Å². The topological polar surface area (TPSA) is 82.5 Å². The first-order valence-electron chi connectivity index (χ1n) is 6.96. The fourth-order valence-corrected chi connectivity index (χ4v) is 1.74. The van der Waals surface area contributed by atoms with Gasteiger partial charge in [-0.1, -0.05) is 30.6 Å². The number of rotatable bonds is 6. The van der Waals surface area contributed by atoms with Gasteiger partial charge in [0, 0.05) is 6.04 Å². The molecule has 0 amide bonds. The summed E-state index contributed by atoms with van der Waals surface area (Å²) in [5, 5.41) is 8.19. The molecular weight excluding hydrogens is 292 g/mol. The second-order valence-electron chi connectivity index (χ2n) is 5.61. The molecule has 0 bridgehead atoms. The molecule has 1 rings (SSSR count). The molecule has 0 radical (unpaired) electrons. The van der Waals surface area contributed by atoms with Crippen LogP contribution in [0, 0.1) is 5.92 Å². The van der Waals surface area contributed by atoms with Gasteiger partial charge in [-0.25, -0.2) is 4.68 Å². The van der Waals surface area contributed by atoms with Crippen LogP contribution in [-0.2, 0) is 11.4 Å². The predicted molar refractivity (Wildman–Crippen MR) is 84.8 cm³/mol. The molecule has 0 unspecified atom stereocenters. The van der Waals surface area contributed by atoms with Gasteiger partial charge in [0.05, 0.1) is 17.8 Å². The number of nitrogens with two attached hydrogens (primary N) is 1. The third-order valence-electron chi connectivity index (χ3n) is 2.97. The molecule has 0 aliphatic rings. The molecule has 2 N–H and O–H groups in total. The van der Waals surface area contributed by atoms with Crippen LogP contribution in [0.25, 0.3) is 0 Å². The lowest BCUT2D eigenvalue weighted by Crippen LogP contribution is -2.38. The maximum atomic E-state index is 12.4. The third kappa shape index (κ3) is 5.13. The largest absolute Gasteiger partial charge is 0.393 e. The Morgan fingerprint density at radius 2 is 2.10 bits per heavy atom. The zero-order valence-electron chi connectivity index (χ0n) is 13.1. The van der Waals surface area contributed by atoms with Crippen LogP contribution >= 0.6 is 11.6 Å².